The molecule has 1 aromatic heterocycles. The monoisotopic (exact) mass is 1680 g/mol. The van der Waals surface area contributed by atoms with Crippen LogP contribution in [0.4, 0.5) is 68.2 Å². The lowest BCUT2D eigenvalue weighted by Crippen LogP contribution is -2.23. The summed E-state index contributed by atoms with van der Waals surface area (Å²) < 4.78 is 141. The van der Waals surface area contributed by atoms with Crippen LogP contribution < -0.4 is 25.0 Å². The Kier molecular flexibility index (Phi) is 16.9. The van der Waals surface area contributed by atoms with Gasteiger partial charge in [-0.2, -0.15) is 0 Å². The summed E-state index contributed by atoms with van der Waals surface area (Å²) in [4.78, 5) is 38.5. The van der Waals surface area contributed by atoms with Crippen molar-refractivity contribution in [3.63, 3.8) is 0 Å². The average molecular weight is 1680 g/mol. The van der Waals surface area contributed by atoms with Crippen molar-refractivity contribution < 1.29 is 46.9 Å². The summed E-state index contributed by atoms with van der Waals surface area (Å²) in [7, 11) is -19.3. The lowest BCUT2D eigenvalue weighted by Gasteiger charge is -2.34. The third-order valence-corrected chi connectivity index (χ3v) is 33.1. The van der Waals surface area contributed by atoms with E-state index in [2.05, 4.69) is 0 Å². The van der Waals surface area contributed by atoms with Gasteiger partial charge in [-0.15, -0.1) is 11.3 Å². The Hall–Kier alpha value is -14.0. The van der Waals surface area contributed by atoms with E-state index in [4.69, 9.17) is 0 Å². The van der Waals surface area contributed by atoms with Crippen molar-refractivity contribution in [1.82, 2.24) is 0 Å². The van der Waals surface area contributed by atoms with E-state index in [9.17, 15) is 51.7 Å². The number of carbonyl (C=O) groups excluding carboxylic acids is 1. The summed E-state index contributed by atoms with van der Waals surface area (Å²) in [6, 6.07) is 107. The molecule has 0 bridgehead atoms. The fourth-order valence-electron chi connectivity index (χ4n) is 17.3. The molecule has 5 aliphatic heterocycles. The number of nitrogens with zero attached hydrogens (tertiary/aromatic N) is 4. The first-order valence-electron chi connectivity index (χ1n) is 38.1. The maximum absolute atomic E-state index is 14.7. The lowest BCUT2D eigenvalue weighted by atomic mass is 9.93. The summed E-state index contributed by atoms with van der Waals surface area (Å²) in [5, 5.41) is 1.15. The van der Waals surface area contributed by atoms with Crippen molar-refractivity contribution in [1.29, 1.82) is 0 Å². The molecule has 580 valence electrons. The Balaban J connectivity index is 0.000000149. The van der Waals surface area contributed by atoms with Crippen LogP contribution in [-0.2, 0) is 49.2 Å². The van der Waals surface area contributed by atoms with Gasteiger partial charge in [0.1, 0.15) is 0 Å². The highest BCUT2D eigenvalue weighted by atomic mass is 32.2. The van der Waals surface area contributed by atoms with E-state index in [1.807, 2.05) is 202 Å². The van der Waals surface area contributed by atoms with Crippen molar-refractivity contribution in [2.24, 2.45) is 0 Å². The van der Waals surface area contributed by atoms with E-state index < -0.39 is 55.0 Å². The Labute approximate surface area is 694 Å². The second-order valence-corrected chi connectivity index (χ2v) is 39.8. The molecule has 16 nitrogen and oxygen atoms in total. The smallest absolute Gasteiger partial charge is 0.210 e. The van der Waals surface area contributed by atoms with Gasteiger partial charge in [-0.25, -0.2) is 42.1 Å². The number of benzene rings is 16. The van der Waals surface area contributed by atoms with Gasteiger partial charge < -0.3 is 19.6 Å². The van der Waals surface area contributed by atoms with Gasteiger partial charge >= 0.3 is 0 Å². The van der Waals surface area contributed by atoms with Crippen molar-refractivity contribution in [3.05, 3.63) is 385 Å². The van der Waals surface area contributed by atoms with E-state index >= 15 is 0 Å². The molecule has 0 unspecified atom stereocenters. The van der Waals surface area contributed by atoms with Crippen molar-refractivity contribution in [3.8, 4) is 44.5 Å². The molecule has 22 heteroatoms. The lowest BCUT2D eigenvalue weighted by molar-refractivity contribution is 0.103. The molecule has 0 N–H and O–H groups in total. The van der Waals surface area contributed by atoms with Gasteiger partial charge in [-0.1, -0.05) is 194 Å². The minimum atomic E-state index is -4.15. The molecule has 0 fully saturated rings. The zero-order valence-electron chi connectivity index (χ0n) is 62.8. The van der Waals surface area contributed by atoms with Crippen molar-refractivity contribution >= 4 is 155 Å². The van der Waals surface area contributed by atoms with Crippen LogP contribution in [0.5, 0.6) is 0 Å². The van der Waals surface area contributed by atoms with Crippen LogP contribution in [0.1, 0.15) is 15.9 Å². The van der Waals surface area contributed by atoms with Crippen LogP contribution in [0.3, 0.4) is 0 Å². The summed E-state index contributed by atoms with van der Waals surface area (Å²) >= 11 is 1.55. The number of sulfone groups is 5. The third kappa shape index (κ3) is 11.2. The highest BCUT2D eigenvalue weighted by Crippen LogP contribution is 2.57. The van der Waals surface area contributed by atoms with Gasteiger partial charge in [0.2, 0.25) is 49.2 Å². The van der Waals surface area contributed by atoms with Crippen LogP contribution >= 0.6 is 11.3 Å². The number of ketones is 1. The van der Waals surface area contributed by atoms with Gasteiger partial charge in [0, 0.05) is 53.6 Å². The highest BCUT2D eigenvalue weighted by Gasteiger charge is 2.42. The molecule has 0 spiro atoms. The molecule has 16 aromatic carbocycles. The summed E-state index contributed by atoms with van der Waals surface area (Å²) in [6.07, 6.45) is 0. The largest absolute Gasteiger partial charge is 0.307 e. The molecule has 6 heterocycles. The topological polar surface area (TPSA) is 218 Å². The molecule has 0 saturated carbocycles. The molecular weight excluding hydrogens is 1620 g/mol. The predicted molar refractivity (Wildman–Crippen MR) is 470 cm³/mol. The number of anilines is 12. The fourth-order valence-corrected chi connectivity index (χ4v) is 26.4. The maximum atomic E-state index is 14.7. The predicted octanol–water partition coefficient (Wildman–Crippen LogP) is 22.6. The SMILES string of the molecule is O=C1c2cc(-c3ccccc3N3c4ccccc4S(=O)(=O)c4ccccc43)ccc2S(=O)(=O)c2ccc(-c3ccccc3N3c4ccccc4S(=O)(=O)c4ccccc43)cc21.O=c1c2cc(-c3ccccc3N3c4ccccc4S(=O)(=O)c4ccccc43)ccc2sc2ccc(-c3ccccc3N3c4ccccc4S(=O)(=O)c4ccccc43)cc12. The third-order valence-electron chi connectivity index (χ3n) is 22.7. The van der Waals surface area contributed by atoms with Crippen LogP contribution in [0.2, 0.25) is 0 Å². The number of carbonyl (C=O) groups is 1. The molecule has 120 heavy (non-hydrogen) atoms. The van der Waals surface area contributed by atoms with Crippen LogP contribution in [-0.4, -0.2) is 47.9 Å². The van der Waals surface area contributed by atoms with Crippen LogP contribution in [0, 0.1) is 0 Å². The van der Waals surface area contributed by atoms with E-state index in [1.165, 1.54) is 12.1 Å². The van der Waals surface area contributed by atoms with E-state index in [-0.39, 0.29) is 65.5 Å². The number of para-hydroxylation sites is 12. The molecule has 0 aliphatic carbocycles. The number of hydrogen-bond donors (Lipinski definition) is 0. The van der Waals surface area contributed by atoms with Gasteiger partial charge in [0.25, 0.3) is 0 Å². The number of fused-ring (bicyclic) bond motifs is 12. The second-order valence-electron chi connectivity index (χ2n) is 29.3. The summed E-state index contributed by atoms with van der Waals surface area (Å²) in [5.41, 5.74) is 12.6. The van der Waals surface area contributed by atoms with E-state index in [1.54, 1.807) is 181 Å². The normalized spacial score (nSPS) is 15.3. The van der Waals surface area contributed by atoms with E-state index in [0.29, 0.717) is 89.9 Å². The molecule has 17 aromatic rings. The standard InChI is InChI=1S/C49H30N2O7S3.C49H30N2O5S3/c52-49-35-29-31(33-13-1-3-15-37(33)50-39-17-5-9-21-45(39)60(55,56)46-22-10-6-18-40(46)50)25-27-43(35)59(53,54)44-28-26-32(30-36(44)49)34-14-2-4-16-38(34)51-41-19-7-11-23-47(41)61(57,58)48-24-12-8-20-42(48)51;52-49-35-29-31(33-13-1-3-15-37(33)50-39-17-5-9-21-45(39)58(53,54)46-22-10-6-18-40(46)50)25-27-43(35)57-44-28-26-32(30-36(44)49)34-14-2-4-16-38(34)51-41-19-7-11-23-47(41)59(55,56)48-24-12-8-20-42(48)51/h1-30H;1-30H. The zero-order chi connectivity index (χ0) is 81.9. The van der Waals surface area contributed by atoms with Gasteiger partial charge in [0.05, 0.1) is 117 Å². The summed E-state index contributed by atoms with van der Waals surface area (Å²) in [6.45, 7) is 0. The number of rotatable bonds is 8. The minimum Gasteiger partial charge on any atom is -0.307 e. The zero-order valence-corrected chi connectivity index (χ0v) is 67.7. The Morgan fingerprint density at radius 1 is 0.183 bits per heavy atom. The van der Waals surface area contributed by atoms with Gasteiger partial charge in [-0.05, 0) is 192 Å². The number of hydrogen-bond acceptors (Lipinski definition) is 17. The quantitative estimate of drug-likeness (QED) is 0.129. The first-order chi connectivity index (χ1) is 58.2. The van der Waals surface area contributed by atoms with Gasteiger partial charge in [0.15, 0.2) is 11.2 Å². The first kappa shape index (κ1) is 73.6. The van der Waals surface area contributed by atoms with E-state index in [0.717, 1.165) is 43.0 Å². The minimum absolute atomic E-state index is 0.0105. The Morgan fingerprint density at radius 2 is 0.375 bits per heavy atom. The molecule has 0 radical (unpaired) electrons. The average Bonchev–Trinajstić information content (AvgIpc) is 0.730. The van der Waals surface area contributed by atoms with Crippen molar-refractivity contribution in [2.75, 3.05) is 19.6 Å². The summed E-state index contributed by atoms with van der Waals surface area (Å²) in [5.74, 6) is -0.474. The maximum Gasteiger partial charge on any atom is 0.210 e. The highest BCUT2D eigenvalue weighted by molar-refractivity contribution is 7.93. The van der Waals surface area contributed by atoms with Crippen LogP contribution in [0.25, 0.3) is 64.7 Å². The second kappa shape index (κ2) is 27.6. The Morgan fingerprint density at radius 3 is 0.617 bits per heavy atom. The van der Waals surface area contributed by atoms with Crippen molar-refractivity contribution in [2.45, 2.75) is 49.0 Å². The van der Waals surface area contributed by atoms with Gasteiger partial charge in [-0.3, -0.25) is 9.59 Å². The first-order valence-corrected chi connectivity index (χ1v) is 46.3. The van der Waals surface area contributed by atoms with Crippen LogP contribution in [0.15, 0.2) is 418 Å². The molecule has 0 atom stereocenters. The molecule has 22 rings (SSSR count). The molecule has 0 amide bonds. The molecular formula is C98H60N4O12S6. The molecule has 0 saturated heterocycles. The molecule has 5 aliphatic rings. The fraction of sp³-hybridized carbons (Fsp3) is 0. The Bertz CT molecular complexity index is 7400.